The summed E-state index contributed by atoms with van der Waals surface area (Å²) in [5, 5.41) is 0. The average Bonchev–Trinajstić information content (AvgIpc) is 3.24. The highest BCUT2D eigenvalue weighted by atomic mass is 16.7. The molecule has 0 saturated carbocycles. The molecule has 1 saturated heterocycles. The molecule has 2 atom stereocenters. The smallest absolute Gasteiger partial charge is 0.231 e. The standard InChI is InChI=1S/C22H22N4O3/c23-22-24-9-15(10-25-22)11-26-12-20(16-4-2-1-3-5-16)29-21(13-26)17-6-7-18-19(8-17)28-14-27-18/h1-10,20-21H,11-14H2,(H2,23,24,25)/t20-,21+/m0/s1. The Balaban J connectivity index is 1.41. The van der Waals surface area contributed by atoms with Crippen LogP contribution in [0.1, 0.15) is 28.9 Å². The van der Waals surface area contributed by atoms with E-state index in [0.29, 0.717) is 0 Å². The number of benzene rings is 2. The average molecular weight is 390 g/mol. The molecule has 1 fully saturated rings. The van der Waals surface area contributed by atoms with Gasteiger partial charge < -0.3 is 19.9 Å². The zero-order chi connectivity index (χ0) is 19.6. The first-order valence-electron chi connectivity index (χ1n) is 9.63. The van der Waals surface area contributed by atoms with E-state index >= 15 is 0 Å². The molecule has 0 aliphatic carbocycles. The predicted octanol–water partition coefficient (Wildman–Crippen LogP) is 3.10. The molecule has 3 aromatic rings. The molecular weight excluding hydrogens is 368 g/mol. The zero-order valence-corrected chi connectivity index (χ0v) is 15.9. The Hall–Kier alpha value is -3.16. The van der Waals surface area contributed by atoms with Gasteiger partial charge in [0.25, 0.3) is 0 Å². The Morgan fingerprint density at radius 3 is 2.41 bits per heavy atom. The third-order valence-corrected chi connectivity index (χ3v) is 5.25. The fraction of sp³-hybridized carbons (Fsp3) is 0.273. The van der Waals surface area contributed by atoms with Gasteiger partial charge in [-0.2, -0.15) is 0 Å². The third kappa shape index (κ3) is 3.87. The molecule has 1 aromatic heterocycles. The largest absolute Gasteiger partial charge is 0.454 e. The lowest BCUT2D eigenvalue weighted by atomic mass is 10.0. The normalized spacial score (nSPS) is 21.2. The molecule has 2 aliphatic rings. The van der Waals surface area contributed by atoms with E-state index in [1.54, 1.807) is 12.4 Å². The number of hydrogen-bond acceptors (Lipinski definition) is 7. The number of nitrogen functional groups attached to an aromatic ring is 1. The highest BCUT2D eigenvalue weighted by Gasteiger charge is 2.31. The minimum atomic E-state index is -0.0850. The molecule has 7 nitrogen and oxygen atoms in total. The van der Waals surface area contributed by atoms with Crippen LogP contribution >= 0.6 is 0 Å². The molecule has 5 rings (SSSR count). The van der Waals surface area contributed by atoms with Gasteiger partial charge in [0.1, 0.15) is 0 Å². The fourth-order valence-corrected chi connectivity index (χ4v) is 3.81. The quantitative estimate of drug-likeness (QED) is 0.733. The van der Waals surface area contributed by atoms with Crippen molar-refractivity contribution in [1.29, 1.82) is 0 Å². The van der Waals surface area contributed by atoms with Gasteiger partial charge >= 0.3 is 0 Å². The Kier molecular flexibility index (Phi) is 4.75. The molecule has 0 amide bonds. The van der Waals surface area contributed by atoms with E-state index in [2.05, 4.69) is 33.1 Å². The van der Waals surface area contributed by atoms with E-state index in [1.807, 2.05) is 30.3 Å². The lowest BCUT2D eigenvalue weighted by Crippen LogP contribution is -2.39. The lowest BCUT2D eigenvalue weighted by Gasteiger charge is -2.38. The van der Waals surface area contributed by atoms with Crippen LogP contribution in [-0.2, 0) is 11.3 Å². The molecular formula is C22H22N4O3. The minimum absolute atomic E-state index is 0.0323. The number of nitrogens with two attached hydrogens (primary N) is 1. The van der Waals surface area contributed by atoms with Gasteiger partial charge in [0, 0.05) is 37.6 Å². The van der Waals surface area contributed by atoms with Crippen LogP contribution in [0.4, 0.5) is 5.95 Å². The van der Waals surface area contributed by atoms with Crippen LogP contribution in [0, 0.1) is 0 Å². The number of fused-ring (bicyclic) bond motifs is 1. The van der Waals surface area contributed by atoms with Crippen molar-refractivity contribution < 1.29 is 14.2 Å². The molecule has 0 spiro atoms. The Bertz CT molecular complexity index is 981. The van der Waals surface area contributed by atoms with Crippen LogP contribution in [0.5, 0.6) is 11.5 Å². The topological polar surface area (TPSA) is 82.7 Å². The van der Waals surface area contributed by atoms with Gasteiger partial charge in [-0.3, -0.25) is 4.90 Å². The molecule has 2 aromatic carbocycles. The van der Waals surface area contributed by atoms with Gasteiger partial charge in [0.2, 0.25) is 12.7 Å². The second-order valence-electron chi connectivity index (χ2n) is 7.28. The van der Waals surface area contributed by atoms with Gasteiger partial charge in [-0.1, -0.05) is 36.4 Å². The molecule has 0 radical (unpaired) electrons. The van der Waals surface area contributed by atoms with Crippen molar-refractivity contribution in [3.63, 3.8) is 0 Å². The molecule has 3 heterocycles. The maximum absolute atomic E-state index is 6.52. The van der Waals surface area contributed by atoms with E-state index in [1.165, 1.54) is 0 Å². The van der Waals surface area contributed by atoms with Gasteiger partial charge in [-0.25, -0.2) is 9.97 Å². The Morgan fingerprint density at radius 2 is 1.62 bits per heavy atom. The summed E-state index contributed by atoms with van der Waals surface area (Å²) in [6, 6.07) is 16.3. The number of aromatic nitrogens is 2. The van der Waals surface area contributed by atoms with Crippen molar-refractivity contribution in [3.05, 3.63) is 77.6 Å². The predicted molar refractivity (Wildman–Crippen MR) is 107 cm³/mol. The van der Waals surface area contributed by atoms with E-state index in [-0.39, 0.29) is 24.9 Å². The number of ether oxygens (including phenoxy) is 3. The number of morpholine rings is 1. The first-order valence-corrected chi connectivity index (χ1v) is 9.63. The molecule has 7 heteroatoms. The van der Waals surface area contributed by atoms with Crippen molar-refractivity contribution >= 4 is 5.95 Å². The summed E-state index contributed by atoms with van der Waals surface area (Å²) in [4.78, 5) is 10.6. The summed E-state index contributed by atoms with van der Waals surface area (Å²) in [6.07, 6.45) is 3.45. The highest BCUT2D eigenvalue weighted by molar-refractivity contribution is 5.45. The van der Waals surface area contributed by atoms with E-state index in [9.17, 15) is 0 Å². The summed E-state index contributed by atoms with van der Waals surface area (Å²) >= 11 is 0. The molecule has 2 aliphatic heterocycles. The number of rotatable bonds is 4. The SMILES string of the molecule is Nc1ncc(CN2C[C@@H](c3ccccc3)O[C@@H](c3ccc4c(c3)OCO4)C2)cn1. The fourth-order valence-electron chi connectivity index (χ4n) is 3.81. The van der Waals surface area contributed by atoms with E-state index < -0.39 is 0 Å². The first-order chi connectivity index (χ1) is 14.2. The van der Waals surface area contributed by atoms with Crippen LogP contribution in [0.2, 0.25) is 0 Å². The number of anilines is 1. The molecule has 0 bridgehead atoms. The monoisotopic (exact) mass is 390 g/mol. The maximum Gasteiger partial charge on any atom is 0.231 e. The Labute approximate surface area is 169 Å². The summed E-state index contributed by atoms with van der Waals surface area (Å²) in [5.41, 5.74) is 8.89. The van der Waals surface area contributed by atoms with Gasteiger partial charge in [-0.05, 0) is 23.3 Å². The van der Waals surface area contributed by atoms with Crippen LogP contribution in [-0.4, -0.2) is 34.8 Å². The van der Waals surface area contributed by atoms with Crippen molar-refractivity contribution in [1.82, 2.24) is 14.9 Å². The van der Waals surface area contributed by atoms with Gasteiger partial charge in [0.15, 0.2) is 11.5 Å². The second kappa shape index (κ2) is 7.69. The van der Waals surface area contributed by atoms with Crippen molar-refractivity contribution in [2.24, 2.45) is 0 Å². The van der Waals surface area contributed by atoms with E-state index in [0.717, 1.165) is 47.8 Å². The van der Waals surface area contributed by atoms with E-state index in [4.69, 9.17) is 19.9 Å². The number of hydrogen-bond donors (Lipinski definition) is 1. The molecule has 2 N–H and O–H groups in total. The number of nitrogens with zero attached hydrogens (tertiary/aromatic N) is 3. The zero-order valence-electron chi connectivity index (χ0n) is 15.9. The summed E-state index contributed by atoms with van der Waals surface area (Å²) < 4.78 is 17.5. The summed E-state index contributed by atoms with van der Waals surface area (Å²) in [7, 11) is 0. The van der Waals surface area contributed by atoms with Crippen molar-refractivity contribution in [2.45, 2.75) is 18.8 Å². The second-order valence-corrected chi connectivity index (χ2v) is 7.28. The van der Waals surface area contributed by atoms with Gasteiger partial charge in [-0.15, -0.1) is 0 Å². The maximum atomic E-state index is 6.52. The minimum Gasteiger partial charge on any atom is -0.454 e. The third-order valence-electron chi connectivity index (χ3n) is 5.25. The van der Waals surface area contributed by atoms with Crippen LogP contribution in [0.25, 0.3) is 0 Å². The van der Waals surface area contributed by atoms with Crippen molar-refractivity contribution in [3.8, 4) is 11.5 Å². The molecule has 148 valence electrons. The first kappa shape index (κ1) is 17.9. The molecule has 29 heavy (non-hydrogen) atoms. The van der Waals surface area contributed by atoms with Crippen LogP contribution in [0.3, 0.4) is 0 Å². The molecule has 0 unspecified atom stereocenters. The van der Waals surface area contributed by atoms with Gasteiger partial charge in [0.05, 0.1) is 12.2 Å². The summed E-state index contributed by atoms with van der Waals surface area (Å²) in [6.45, 7) is 2.54. The van der Waals surface area contributed by atoms with Crippen LogP contribution < -0.4 is 15.2 Å². The lowest BCUT2D eigenvalue weighted by molar-refractivity contribution is -0.0923. The highest BCUT2D eigenvalue weighted by Crippen LogP contribution is 2.38. The summed E-state index contributed by atoms with van der Waals surface area (Å²) in [5.74, 6) is 1.84. The Morgan fingerprint density at radius 1 is 0.897 bits per heavy atom. The van der Waals surface area contributed by atoms with Crippen molar-refractivity contribution in [2.75, 3.05) is 25.6 Å². The van der Waals surface area contributed by atoms with Crippen LogP contribution in [0.15, 0.2) is 60.9 Å².